The van der Waals surface area contributed by atoms with Crippen molar-refractivity contribution >= 4 is 27.5 Å². The van der Waals surface area contributed by atoms with Gasteiger partial charge in [-0.2, -0.15) is 5.10 Å². The Bertz CT molecular complexity index is 569. The third kappa shape index (κ3) is 4.46. The second kappa shape index (κ2) is 7.82. The number of aromatic nitrogens is 2. The zero-order chi connectivity index (χ0) is 15.2. The van der Waals surface area contributed by atoms with E-state index in [9.17, 15) is 0 Å². The molecule has 0 bridgehead atoms. The SMILES string of the molecule is CCCNC(COc1cccc(Cl)c1)c1c(Br)cnn1C. The standard InChI is InChI=1S/C15H19BrClN3O/c1-3-7-18-14(15-13(16)9-19-20(15)2)10-21-12-6-4-5-11(17)8-12/h4-6,8-9,14,18H,3,7,10H2,1-2H3. The molecule has 0 saturated carbocycles. The van der Waals surface area contributed by atoms with Crippen LogP contribution in [0.3, 0.4) is 0 Å². The Hall–Kier alpha value is -1.04. The Morgan fingerprint density at radius 2 is 2.29 bits per heavy atom. The molecule has 21 heavy (non-hydrogen) atoms. The first-order valence-electron chi connectivity index (χ1n) is 6.91. The lowest BCUT2D eigenvalue weighted by Gasteiger charge is -2.20. The van der Waals surface area contributed by atoms with Crippen LogP contribution in [0.2, 0.25) is 5.02 Å². The van der Waals surface area contributed by atoms with E-state index in [0.29, 0.717) is 11.6 Å². The van der Waals surface area contributed by atoms with E-state index in [0.717, 1.165) is 28.9 Å². The van der Waals surface area contributed by atoms with E-state index in [1.807, 2.05) is 36.0 Å². The Kier molecular flexibility index (Phi) is 6.08. The van der Waals surface area contributed by atoms with Crippen LogP contribution in [0.15, 0.2) is 34.9 Å². The minimum Gasteiger partial charge on any atom is -0.491 e. The van der Waals surface area contributed by atoms with Crippen LogP contribution in [0.25, 0.3) is 0 Å². The largest absolute Gasteiger partial charge is 0.491 e. The molecule has 0 aliphatic rings. The summed E-state index contributed by atoms with van der Waals surface area (Å²) in [5.41, 5.74) is 1.07. The molecule has 0 fully saturated rings. The lowest BCUT2D eigenvalue weighted by atomic mass is 10.2. The predicted molar refractivity (Wildman–Crippen MR) is 88.9 cm³/mol. The summed E-state index contributed by atoms with van der Waals surface area (Å²) >= 11 is 9.52. The predicted octanol–water partition coefficient (Wildman–Crippen LogP) is 3.96. The fourth-order valence-electron chi connectivity index (χ4n) is 2.10. The maximum Gasteiger partial charge on any atom is 0.120 e. The van der Waals surface area contributed by atoms with Gasteiger partial charge in [0.1, 0.15) is 12.4 Å². The Labute approximate surface area is 138 Å². The summed E-state index contributed by atoms with van der Waals surface area (Å²) in [6, 6.07) is 7.49. The van der Waals surface area contributed by atoms with Crippen LogP contribution in [-0.2, 0) is 7.05 Å². The molecule has 0 saturated heterocycles. The van der Waals surface area contributed by atoms with Crippen molar-refractivity contribution in [2.45, 2.75) is 19.4 Å². The number of hydrogen-bond donors (Lipinski definition) is 1. The average Bonchev–Trinajstić information content (AvgIpc) is 2.79. The molecule has 2 aromatic rings. The van der Waals surface area contributed by atoms with E-state index in [4.69, 9.17) is 16.3 Å². The second-order valence-electron chi connectivity index (χ2n) is 4.78. The first-order valence-corrected chi connectivity index (χ1v) is 8.08. The summed E-state index contributed by atoms with van der Waals surface area (Å²) in [5, 5.41) is 8.43. The number of benzene rings is 1. The molecule has 0 radical (unpaired) electrons. The fourth-order valence-corrected chi connectivity index (χ4v) is 2.91. The molecule has 1 aromatic heterocycles. The molecular formula is C15H19BrClN3O. The Balaban J connectivity index is 2.10. The molecule has 1 atom stereocenters. The van der Waals surface area contributed by atoms with Gasteiger partial charge < -0.3 is 10.1 Å². The minimum absolute atomic E-state index is 0.0609. The molecule has 0 aliphatic carbocycles. The summed E-state index contributed by atoms with van der Waals surface area (Å²) in [6.07, 6.45) is 2.86. The molecular weight excluding hydrogens is 354 g/mol. The highest BCUT2D eigenvalue weighted by molar-refractivity contribution is 9.10. The van der Waals surface area contributed by atoms with E-state index < -0.39 is 0 Å². The van der Waals surface area contributed by atoms with Gasteiger partial charge in [-0.15, -0.1) is 0 Å². The van der Waals surface area contributed by atoms with Crippen molar-refractivity contribution in [2.24, 2.45) is 7.05 Å². The molecule has 6 heteroatoms. The second-order valence-corrected chi connectivity index (χ2v) is 6.07. The highest BCUT2D eigenvalue weighted by Crippen LogP contribution is 2.24. The topological polar surface area (TPSA) is 39.1 Å². The van der Waals surface area contributed by atoms with Crippen molar-refractivity contribution in [1.29, 1.82) is 0 Å². The van der Waals surface area contributed by atoms with Crippen molar-refractivity contribution in [3.63, 3.8) is 0 Å². The number of halogens is 2. The smallest absolute Gasteiger partial charge is 0.120 e. The van der Waals surface area contributed by atoms with Gasteiger partial charge in [-0.25, -0.2) is 0 Å². The van der Waals surface area contributed by atoms with Crippen LogP contribution in [0.5, 0.6) is 5.75 Å². The number of nitrogens with zero attached hydrogens (tertiary/aromatic N) is 2. The van der Waals surface area contributed by atoms with Crippen LogP contribution in [0.4, 0.5) is 0 Å². The summed E-state index contributed by atoms with van der Waals surface area (Å²) in [4.78, 5) is 0. The maximum absolute atomic E-state index is 5.98. The monoisotopic (exact) mass is 371 g/mol. The number of rotatable bonds is 7. The van der Waals surface area contributed by atoms with Gasteiger partial charge in [-0.05, 0) is 47.1 Å². The average molecular weight is 373 g/mol. The molecule has 0 amide bonds. The normalized spacial score (nSPS) is 12.4. The van der Waals surface area contributed by atoms with Gasteiger partial charge in [0.15, 0.2) is 0 Å². The van der Waals surface area contributed by atoms with Crippen LogP contribution in [0.1, 0.15) is 25.1 Å². The van der Waals surface area contributed by atoms with E-state index >= 15 is 0 Å². The lowest BCUT2D eigenvalue weighted by Crippen LogP contribution is -2.29. The van der Waals surface area contributed by atoms with Gasteiger partial charge in [0.05, 0.1) is 22.4 Å². The minimum atomic E-state index is 0.0609. The summed E-state index contributed by atoms with van der Waals surface area (Å²) in [6.45, 7) is 3.57. The van der Waals surface area contributed by atoms with Crippen LogP contribution in [-0.4, -0.2) is 22.9 Å². The highest BCUT2D eigenvalue weighted by atomic mass is 79.9. The number of hydrogen-bond acceptors (Lipinski definition) is 3. The summed E-state index contributed by atoms with van der Waals surface area (Å²) < 4.78 is 8.71. The number of aryl methyl sites for hydroxylation is 1. The Morgan fingerprint density at radius 1 is 1.48 bits per heavy atom. The summed E-state index contributed by atoms with van der Waals surface area (Å²) in [7, 11) is 1.93. The summed E-state index contributed by atoms with van der Waals surface area (Å²) in [5.74, 6) is 0.768. The highest BCUT2D eigenvalue weighted by Gasteiger charge is 2.19. The van der Waals surface area contributed by atoms with Crippen LogP contribution >= 0.6 is 27.5 Å². The van der Waals surface area contributed by atoms with Gasteiger partial charge >= 0.3 is 0 Å². The van der Waals surface area contributed by atoms with Gasteiger partial charge in [0, 0.05) is 12.1 Å². The van der Waals surface area contributed by atoms with Crippen molar-refractivity contribution in [2.75, 3.05) is 13.2 Å². The molecule has 1 unspecified atom stereocenters. The van der Waals surface area contributed by atoms with E-state index in [1.165, 1.54) is 0 Å². The maximum atomic E-state index is 5.98. The molecule has 1 heterocycles. The fraction of sp³-hybridized carbons (Fsp3) is 0.400. The van der Waals surface area contributed by atoms with E-state index in [2.05, 4.69) is 33.3 Å². The van der Waals surface area contributed by atoms with Crippen molar-refractivity contribution in [3.8, 4) is 5.75 Å². The molecule has 0 spiro atoms. The first kappa shape index (κ1) is 16.3. The molecule has 114 valence electrons. The molecule has 4 nitrogen and oxygen atoms in total. The van der Waals surface area contributed by atoms with Crippen molar-refractivity contribution in [3.05, 3.63) is 45.7 Å². The van der Waals surface area contributed by atoms with Gasteiger partial charge in [0.2, 0.25) is 0 Å². The van der Waals surface area contributed by atoms with Crippen LogP contribution in [0, 0.1) is 0 Å². The van der Waals surface area contributed by atoms with Crippen molar-refractivity contribution < 1.29 is 4.74 Å². The molecule has 0 aliphatic heterocycles. The third-order valence-electron chi connectivity index (χ3n) is 3.12. The lowest BCUT2D eigenvalue weighted by molar-refractivity contribution is 0.260. The third-order valence-corrected chi connectivity index (χ3v) is 3.97. The Morgan fingerprint density at radius 3 is 2.90 bits per heavy atom. The number of nitrogens with one attached hydrogen (secondary N) is 1. The first-order chi connectivity index (χ1) is 10.1. The molecule has 1 N–H and O–H groups in total. The van der Waals surface area contributed by atoms with Gasteiger partial charge in [0.25, 0.3) is 0 Å². The number of ether oxygens (including phenoxy) is 1. The van der Waals surface area contributed by atoms with E-state index in [-0.39, 0.29) is 6.04 Å². The zero-order valence-corrected chi connectivity index (χ0v) is 14.5. The van der Waals surface area contributed by atoms with Gasteiger partial charge in [-0.1, -0.05) is 24.6 Å². The van der Waals surface area contributed by atoms with Crippen molar-refractivity contribution in [1.82, 2.24) is 15.1 Å². The van der Waals surface area contributed by atoms with Crippen LogP contribution < -0.4 is 10.1 Å². The molecule has 2 rings (SSSR count). The zero-order valence-electron chi connectivity index (χ0n) is 12.1. The van der Waals surface area contributed by atoms with E-state index in [1.54, 1.807) is 6.20 Å². The van der Waals surface area contributed by atoms with Gasteiger partial charge in [-0.3, -0.25) is 4.68 Å². The molecule has 1 aromatic carbocycles. The quantitative estimate of drug-likeness (QED) is 0.799.